The van der Waals surface area contributed by atoms with Crippen molar-refractivity contribution < 1.29 is 9.59 Å². The first-order valence-corrected chi connectivity index (χ1v) is 12.3. The molecule has 0 aromatic heterocycles. The molecule has 0 spiro atoms. The summed E-state index contributed by atoms with van der Waals surface area (Å²) in [4.78, 5) is 30.3. The molecular weight excluding hydrogens is 436 g/mol. The Labute approximate surface area is 205 Å². The number of carbonyl (C=O) groups excluding carboxylic acids is 2. The lowest BCUT2D eigenvalue weighted by molar-refractivity contribution is -0.126. The van der Waals surface area contributed by atoms with Gasteiger partial charge in [0.2, 0.25) is 5.91 Å². The molecule has 176 valence electrons. The molecule has 1 fully saturated rings. The Morgan fingerprint density at radius 2 is 1.49 bits per heavy atom. The largest absolute Gasteiger partial charge is 0.335 e. The fraction of sp³-hybridized carbons (Fsp3) is 0.276. The van der Waals surface area contributed by atoms with Crippen LogP contribution >= 0.6 is 0 Å². The molecule has 0 radical (unpaired) electrons. The molecule has 0 bridgehead atoms. The third-order valence-corrected chi connectivity index (χ3v) is 7.29. The van der Waals surface area contributed by atoms with Crippen molar-refractivity contribution in [3.63, 3.8) is 0 Å². The second-order valence-electron chi connectivity index (χ2n) is 9.50. The van der Waals surface area contributed by atoms with Crippen LogP contribution in [0.5, 0.6) is 0 Å². The number of hydrogen-bond donors (Lipinski definition) is 0. The molecule has 3 aromatic rings. The first-order chi connectivity index (χ1) is 17.1. The summed E-state index contributed by atoms with van der Waals surface area (Å²) in [6, 6.07) is 25.2. The highest BCUT2D eigenvalue weighted by atomic mass is 16.2. The van der Waals surface area contributed by atoms with E-state index in [-0.39, 0.29) is 17.9 Å². The maximum Gasteiger partial charge on any atom is 0.270 e. The fourth-order valence-corrected chi connectivity index (χ4v) is 5.56. The van der Waals surface area contributed by atoms with Gasteiger partial charge in [-0.1, -0.05) is 60.7 Å². The molecule has 6 heteroatoms. The first-order valence-electron chi connectivity index (χ1n) is 12.3. The van der Waals surface area contributed by atoms with Gasteiger partial charge < -0.3 is 4.90 Å². The van der Waals surface area contributed by atoms with E-state index in [0.717, 1.165) is 18.7 Å². The van der Waals surface area contributed by atoms with Crippen molar-refractivity contribution in [3.05, 3.63) is 89.5 Å². The Morgan fingerprint density at radius 1 is 0.829 bits per heavy atom. The number of carbonyl (C=O) groups is 2. The van der Waals surface area contributed by atoms with Crippen molar-refractivity contribution in [1.82, 2.24) is 9.80 Å². The molecule has 1 aliphatic carbocycles. The predicted octanol–water partition coefficient (Wildman–Crippen LogP) is 4.39. The van der Waals surface area contributed by atoms with E-state index in [1.54, 1.807) is 0 Å². The van der Waals surface area contributed by atoms with Crippen molar-refractivity contribution in [3.8, 4) is 11.1 Å². The molecule has 3 aromatic carbocycles. The maximum atomic E-state index is 13.4. The highest BCUT2D eigenvalue weighted by Gasteiger charge is 2.36. The minimum Gasteiger partial charge on any atom is -0.335 e. The van der Waals surface area contributed by atoms with E-state index in [9.17, 15) is 9.59 Å². The fourth-order valence-electron chi connectivity index (χ4n) is 5.56. The molecule has 0 unspecified atom stereocenters. The standard InChI is InChI=1S/C29H28N4O2/c1-20-7-6-8-21(19-20)33-27(34)14-13-26(30-33)29(35)32-17-15-31(16-18-32)28-24-11-4-2-9-22(24)23-10-3-5-12-25(23)28/h2-12,19,28H,13-18H2,1H3. The van der Waals surface area contributed by atoms with Crippen molar-refractivity contribution in [2.24, 2.45) is 5.10 Å². The first kappa shape index (κ1) is 21.7. The van der Waals surface area contributed by atoms with Gasteiger partial charge in [-0.15, -0.1) is 0 Å². The molecule has 2 amide bonds. The molecule has 3 aliphatic rings. The summed E-state index contributed by atoms with van der Waals surface area (Å²) in [7, 11) is 0. The van der Waals surface area contributed by atoms with E-state index >= 15 is 0 Å². The summed E-state index contributed by atoms with van der Waals surface area (Å²) in [5.74, 6) is -0.127. The van der Waals surface area contributed by atoms with Crippen LogP contribution in [0.3, 0.4) is 0 Å². The van der Waals surface area contributed by atoms with Gasteiger partial charge in [-0.3, -0.25) is 14.5 Å². The van der Waals surface area contributed by atoms with Crippen LogP contribution in [0.1, 0.15) is 35.6 Å². The van der Waals surface area contributed by atoms with Crippen LogP contribution in [0.15, 0.2) is 77.9 Å². The summed E-state index contributed by atoms with van der Waals surface area (Å²) in [6.07, 6.45) is 0.692. The number of rotatable bonds is 3. The third kappa shape index (κ3) is 3.84. The van der Waals surface area contributed by atoms with E-state index in [2.05, 4.69) is 58.5 Å². The van der Waals surface area contributed by atoms with Crippen LogP contribution in [-0.4, -0.2) is 53.5 Å². The third-order valence-electron chi connectivity index (χ3n) is 7.29. The number of anilines is 1. The lowest BCUT2D eigenvalue weighted by Gasteiger charge is -2.39. The number of hydrazone groups is 1. The highest BCUT2D eigenvalue weighted by molar-refractivity contribution is 6.40. The Balaban J connectivity index is 1.19. The van der Waals surface area contributed by atoms with Gasteiger partial charge in [0.1, 0.15) is 5.71 Å². The van der Waals surface area contributed by atoms with Crippen LogP contribution < -0.4 is 5.01 Å². The zero-order valence-electron chi connectivity index (χ0n) is 19.9. The minimum absolute atomic E-state index is 0.0537. The highest BCUT2D eigenvalue weighted by Crippen LogP contribution is 2.46. The summed E-state index contributed by atoms with van der Waals surface area (Å²) in [5.41, 5.74) is 7.54. The van der Waals surface area contributed by atoms with Gasteiger partial charge in [0.15, 0.2) is 0 Å². The van der Waals surface area contributed by atoms with E-state index in [0.29, 0.717) is 37.3 Å². The molecule has 2 heterocycles. The molecule has 35 heavy (non-hydrogen) atoms. The molecular formula is C29H28N4O2. The number of piperazine rings is 1. The molecule has 2 aliphatic heterocycles. The lowest BCUT2D eigenvalue weighted by Crippen LogP contribution is -2.52. The van der Waals surface area contributed by atoms with Crippen molar-refractivity contribution in [1.29, 1.82) is 0 Å². The van der Waals surface area contributed by atoms with Gasteiger partial charge in [0, 0.05) is 39.0 Å². The van der Waals surface area contributed by atoms with Gasteiger partial charge in [-0.05, 0) is 46.9 Å². The summed E-state index contributed by atoms with van der Waals surface area (Å²) in [6.45, 7) is 4.88. The number of benzene rings is 3. The monoisotopic (exact) mass is 464 g/mol. The quantitative estimate of drug-likeness (QED) is 0.578. The van der Waals surface area contributed by atoms with E-state index in [1.807, 2.05) is 36.1 Å². The number of hydrogen-bond acceptors (Lipinski definition) is 4. The molecule has 6 nitrogen and oxygen atoms in total. The van der Waals surface area contributed by atoms with Crippen molar-refractivity contribution in [2.75, 3.05) is 31.2 Å². The molecule has 6 rings (SSSR count). The van der Waals surface area contributed by atoms with E-state index in [4.69, 9.17) is 0 Å². The Hall–Kier alpha value is -3.77. The van der Waals surface area contributed by atoms with E-state index < -0.39 is 0 Å². The smallest absolute Gasteiger partial charge is 0.270 e. The van der Waals surface area contributed by atoms with Crippen molar-refractivity contribution >= 4 is 23.2 Å². The topological polar surface area (TPSA) is 56.2 Å². The van der Waals surface area contributed by atoms with Gasteiger partial charge >= 0.3 is 0 Å². The zero-order chi connectivity index (χ0) is 23.9. The van der Waals surface area contributed by atoms with Crippen molar-refractivity contribution in [2.45, 2.75) is 25.8 Å². The molecule has 0 N–H and O–H groups in total. The summed E-state index contributed by atoms with van der Waals surface area (Å²) >= 11 is 0. The van der Waals surface area contributed by atoms with Crippen LogP contribution in [0.25, 0.3) is 11.1 Å². The second-order valence-corrected chi connectivity index (χ2v) is 9.50. The Kier molecular flexibility index (Phi) is 5.46. The molecule has 0 saturated carbocycles. The van der Waals surface area contributed by atoms with E-state index in [1.165, 1.54) is 27.3 Å². The maximum absolute atomic E-state index is 13.4. The number of amides is 2. The normalized spacial score (nSPS) is 18.3. The number of nitrogens with zero attached hydrogens (tertiary/aromatic N) is 4. The van der Waals surface area contributed by atoms with Crippen LogP contribution in [0.4, 0.5) is 5.69 Å². The predicted molar refractivity (Wildman–Crippen MR) is 137 cm³/mol. The van der Waals surface area contributed by atoms with Gasteiger partial charge in [-0.2, -0.15) is 5.10 Å². The summed E-state index contributed by atoms with van der Waals surface area (Å²) < 4.78 is 0. The van der Waals surface area contributed by atoms with Crippen LogP contribution in [0, 0.1) is 6.92 Å². The van der Waals surface area contributed by atoms with Gasteiger partial charge in [0.05, 0.1) is 11.7 Å². The molecule has 1 saturated heterocycles. The number of aryl methyl sites for hydroxylation is 1. The SMILES string of the molecule is Cc1cccc(N2N=C(C(=O)N3CCN(C4c5ccccc5-c5ccccc54)CC3)CCC2=O)c1. The van der Waals surface area contributed by atoms with Crippen LogP contribution in [-0.2, 0) is 9.59 Å². The summed E-state index contributed by atoms with van der Waals surface area (Å²) in [5, 5.41) is 5.90. The number of fused-ring (bicyclic) bond motifs is 3. The van der Waals surface area contributed by atoms with Crippen LogP contribution in [0.2, 0.25) is 0 Å². The zero-order valence-corrected chi connectivity index (χ0v) is 19.9. The average Bonchev–Trinajstić information content (AvgIpc) is 3.23. The minimum atomic E-state index is -0.0736. The Morgan fingerprint density at radius 3 is 2.14 bits per heavy atom. The second kappa shape index (κ2) is 8.78. The van der Waals surface area contributed by atoms with Gasteiger partial charge in [0.25, 0.3) is 5.91 Å². The van der Waals surface area contributed by atoms with Gasteiger partial charge in [-0.25, -0.2) is 5.01 Å². The molecule has 0 atom stereocenters. The average molecular weight is 465 g/mol. The Bertz CT molecular complexity index is 1290. The lowest BCUT2D eigenvalue weighted by atomic mass is 10.0.